The molecular formula is C25H26N2O7. The summed E-state index contributed by atoms with van der Waals surface area (Å²) >= 11 is 0. The molecule has 0 radical (unpaired) electrons. The number of rotatable bonds is 6. The Morgan fingerprint density at radius 3 is 2.32 bits per heavy atom. The Labute approximate surface area is 197 Å². The van der Waals surface area contributed by atoms with Crippen molar-refractivity contribution in [3.8, 4) is 5.75 Å². The molecule has 178 valence electrons. The van der Waals surface area contributed by atoms with Gasteiger partial charge in [-0.25, -0.2) is 9.69 Å². The molecule has 1 N–H and O–H groups in total. The molecule has 0 saturated carbocycles. The zero-order valence-corrected chi connectivity index (χ0v) is 19.0. The molecule has 0 bridgehead atoms. The number of nitrogens with zero attached hydrogens (tertiary/aromatic N) is 1. The molecule has 2 aliphatic heterocycles. The number of benzene rings is 2. The minimum atomic E-state index is -1.98. The Hall–Kier alpha value is -3.69. The van der Waals surface area contributed by atoms with Crippen molar-refractivity contribution in [3.05, 3.63) is 65.7 Å². The van der Waals surface area contributed by atoms with Crippen LogP contribution in [-0.4, -0.2) is 63.3 Å². The van der Waals surface area contributed by atoms with Crippen LogP contribution in [0.5, 0.6) is 5.75 Å². The van der Waals surface area contributed by atoms with Crippen molar-refractivity contribution >= 4 is 29.1 Å². The quantitative estimate of drug-likeness (QED) is 0.266. The third kappa shape index (κ3) is 3.72. The fourth-order valence-corrected chi connectivity index (χ4v) is 4.61. The van der Waals surface area contributed by atoms with Gasteiger partial charge in [-0.05, 0) is 36.8 Å². The van der Waals surface area contributed by atoms with Crippen LogP contribution in [0.25, 0.3) is 5.76 Å². The van der Waals surface area contributed by atoms with E-state index in [1.54, 1.807) is 42.5 Å². The maximum absolute atomic E-state index is 13.8. The van der Waals surface area contributed by atoms with E-state index < -0.39 is 34.7 Å². The lowest BCUT2D eigenvalue weighted by atomic mass is 9.92. The molecule has 9 heteroatoms. The topological polar surface area (TPSA) is 110 Å². The van der Waals surface area contributed by atoms with Crippen LogP contribution in [0.2, 0.25) is 0 Å². The van der Waals surface area contributed by atoms with E-state index in [2.05, 4.69) is 0 Å². The average molecular weight is 466 g/mol. The van der Waals surface area contributed by atoms with Gasteiger partial charge in [0.05, 0.1) is 38.2 Å². The van der Waals surface area contributed by atoms with Crippen LogP contribution in [0.3, 0.4) is 0 Å². The second kappa shape index (κ2) is 9.66. The first-order valence-electron chi connectivity index (χ1n) is 11.1. The summed E-state index contributed by atoms with van der Waals surface area (Å²) in [5.74, 6) is -2.98. The van der Waals surface area contributed by atoms with E-state index in [9.17, 15) is 19.5 Å². The van der Waals surface area contributed by atoms with Gasteiger partial charge in [-0.2, -0.15) is 0 Å². The maximum atomic E-state index is 13.8. The van der Waals surface area contributed by atoms with Gasteiger partial charge in [-0.15, -0.1) is 0 Å². The molecule has 0 spiro atoms. The first-order chi connectivity index (χ1) is 16.5. The van der Waals surface area contributed by atoms with E-state index >= 15 is 0 Å². The number of ketones is 1. The molecule has 2 saturated heterocycles. The third-order valence-corrected chi connectivity index (χ3v) is 6.08. The Morgan fingerprint density at radius 1 is 1.09 bits per heavy atom. The molecule has 2 aromatic rings. The summed E-state index contributed by atoms with van der Waals surface area (Å²) in [5, 5.41) is 13.8. The van der Waals surface area contributed by atoms with E-state index in [0.717, 1.165) is 4.90 Å². The van der Waals surface area contributed by atoms with Crippen LogP contribution >= 0.6 is 0 Å². The molecule has 1 unspecified atom stereocenters. The van der Waals surface area contributed by atoms with E-state index in [0.29, 0.717) is 49.2 Å². The van der Waals surface area contributed by atoms with Gasteiger partial charge in [0, 0.05) is 0 Å². The van der Waals surface area contributed by atoms with Crippen molar-refractivity contribution in [2.45, 2.75) is 12.6 Å². The predicted molar refractivity (Wildman–Crippen MR) is 120 cm³/mol. The molecule has 0 aliphatic carbocycles. The van der Waals surface area contributed by atoms with Crippen molar-refractivity contribution in [1.82, 2.24) is 0 Å². The summed E-state index contributed by atoms with van der Waals surface area (Å²) in [4.78, 5) is 42.0. The molecule has 2 fully saturated rings. The number of quaternary nitrogens is 1. The van der Waals surface area contributed by atoms with Crippen LogP contribution in [0.15, 0.2) is 60.2 Å². The highest BCUT2D eigenvalue weighted by molar-refractivity contribution is 6.54. The molecule has 1 atom stereocenters. The fraction of sp³-hybridized carbons (Fsp3) is 0.320. The second-order valence-electron chi connectivity index (χ2n) is 7.88. The van der Waals surface area contributed by atoms with Gasteiger partial charge in [0.15, 0.2) is 0 Å². The summed E-state index contributed by atoms with van der Waals surface area (Å²) in [6.07, 6.45) is 0. The second-order valence-corrected chi connectivity index (χ2v) is 7.88. The number of carbonyl (C=O) groups is 3. The average Bonchev–Trinajstić information content (AvgIpc) is 3.12. The number of carbonyl (C=O) groups excluding carboxylic acids is 3. The molecule has 2 aromatic carbocycles. The molecule has 2 heterocycles. The lowest BCUT2D eigenvalue weighted by Gasteiger charge is -2.43. The lowest BCUT2D eigenvalue weighted by molar-refractivity contribution is -0.942. The largest absolute Gasteiger partial charge is 0.872 e. The predicted octanol–water partition coefficient (Wildman–Crippen LogP) is -0.443. The number of morpholine rings is 1. The van der Waals surface area contributed by atoms with E-state index in [4.69, 9.17) is 14.2 Å². The Bertz CT molecular complexity index is 1110. The zero-order valence-electron chi connectivity index (χ0n) is 19.0. The zero-order chi connectivity index (χ0) is 24.3. The number of methoxy groups -OCH3 is 1. The van der Waals surface area contributed by atoms with Gasteiger partial charge in [0.1, 0.15) is 18.8 Å². The van der Waals surface area contributed by atoms with Crippen molar-refractivity contribution in [2.75, 3.05) is 44.9 Å². The van der Waals surface area contributed by atoms with E-state index in [1.165, 1.54) is 19.2 Å². The Balaban J connectivity index is 1.99. The Morgan fingerprint density at radius 2 is 1.74 bits per heavy atom. The van der Waals surface area contributed by atoms with Crippen molar-refractivity contribution < 1.29 is 38.6 Å². The maximum Gasteiger partial charge on any atom is 0.396 e. The number of hydrogen-bond donors (Lipinski definition) is 1. The monoisotopic (exact) mass is 466 g/mol. The summed E-state index contributed by atoms with van der Waals surface area (Å²) in [5.41, 5.74) is -1.92. The first kappa shape index (κ1) is 23.5. The van der Waals surface area contributed by atoms with Crippen LogP contribution in [-0.2, 0) is 23.9 Å². The molecule has 4 rings (SSSR count). The van der Waals surface area contributed by atoms with Gasteiger partial charge in [-0.3, -0.25) is 14.5 Å². The smallest absolute Gasteiger partial charge is 0.396 e. The Kier molecular flexibility index (Phi) is 6.67. The highest BCUT2D eigenvalue weighted by Crippen LogP contribution is 2.38. The number of para-hydroxylation sites is 1. The minimum absolute atomic E-state index is 0.162. The van der Waals surface area contributed by atoms with Gasteiger partial charge < -0.3 is 19.3 Å². The van der Waals surface area contributed by atoms with E-state index in [-0.39, 0.29) is 5.56 Å². The van der Waals surface area contributed by atoms with Crippen molar-refractivity contribution in [3.63, 3.8) is 0 Å². The number of Topliss-reactive ketones (excluding diaryl/α,β-unsaturated/α-hetero) is 1. The van der Waals surface area contributed by atoms with Gasteiger partial charge in [0.25, 0.3) is 5.78 Å². The first-order valence-corrected chi connectivity index (χ1v) is 11.1. The van der Waals surface area contributed by atoms with Crippen LogP contribution in [0, 0.1) is 0 Å². The van der Waals surface area contributed by atoms with Crippen LogP contribution in [0.1, 0.15) is 12.5 Å². The minimum Gasteiger partial charge on any atom is -0.872 e. The molecule has 1 amide bonds. The summed E-state index contributed by atoms with van der Waals surface area (Å²) in [7, 11) is 1.18. The summed E-state index contributed by atoms with van der Waals surface area (Å²) in [6, 6.07) is 14.6. The third-order valence-electron chi connectivity index (χ3n) is 6.08. The van der Waals surface area contributed by atoms with Gasteiger partial charge >= 0.3 is 17.5 Å². The standard InChI is InChI=1S/C25H26N2O7/c1-3-34-19-11-9-17(10-12-19)21(28)20-22(29)23(30)27(18-7-5-4-6-8-18)25(20,24(31)32-2)26-13-15-33-16-14-26/h4-12,28H,3,13-16H2,1-2H3. The summed E-state index contributed by atoms with van der Waals surface area (Å²) in [6.45, 7) is 3.46. The normalized spacial score (nSPS) is 22.6. The molecule has 9 nitrogen and oxygen atoms in total. The number of hydrogen-bond acceptors (Lipinski definition) is 7. The molecule has 2 aliphatic rings. The van der Waals surface area contributed by atoms with Crippen LogP contribution < -0.4 is 19.6 Å². The lowest BCUT2D eigenvalue weighted by Crippen LogP contribution is -3.25. The number of esters is 1. The van der Waals surface area contributed by atoms with Gasteiger partial charge in [0.2, 0.25) is 0 Å². The number of amides is 1. The molecule has 34 heavy (non-hydrogen) atoms. The molecule has 0 aromatic heterocycles. The highest BCUT2D eigenvalue weighted by Gasteiger charge is 2.68. The SMILES string of the molecule is CCOc1ccc(C([O-])=C2C(=O)C(=O)N(c3ccccc3)C2(C(=O)OC)[NH+]2CCOCC2)cc1. The number of nitrogens with one attached hydrogen (secondary N) is 1. The van der Waals surface area contributed by atoms with Crippen LogP contribution in [0.4, 0.5) is 5.69 Å². The number of anilines is 1. The van der Waals surface area contributed by atoms with E-state index in [1.807, 2.05) is 6.92 Å². The summed E-state index contributed by atoms with van der Waals surface area (Å²) < 4.78 is 16.1. The highest BCUT2D eigenvalue weighted by atomic mass is 16.5. The van der Waals surface area contributed by atoms with Gasteiger partial charge in [-0.1, -0.05) is 36.1 Å². The van der Waals surface area contributed by atoms with Crippen molar-refractivity contribution in [2.24, 2.45) is 0 Å². The molecular weight excluding hydrogens is 440 g/mol. The van der Waals surface area contributed by atoms with Crippen molar-refractivity contribution in [1.29, 1.82) is 0 Å². The fourth-order valence-electron chi connectivity index (χ4n) is 4.61. The number of ether oxygens (including phenoxy) is 3.